The topological polar surface area (TPSA) is 90.7 Å². The number of pyridine rings is 1. The van der Waals surface area contributed by atoms with E-state index in [9.17, 15) is 14.7 Å². The van der Waals surface area contributed by atoms with Crippen molar-refractivity contribution in [2.24, 2.45) is 0 Å². The lowest BCUT2D eigenvalue weighted by atomic mass is 9.90. The minimum Gasteiger partial charge on any atom is -0.479 e. The number of aliphatic carboxylic acids is 1. The molecule has 6 nitrogen and oxygen atoms in total. The summed E-state index contributed by atoms with van der Waals surface area (Å²) in [7, 11) is 0. The number of carboxylic acids is 1. The van der Waals surface area contributed by atoms with Crippen LogP contribution in [0.5, 0.6) is 0 Å². The minimum absolute atomic E-state index is 0.0359. The largest absolute Gasteiger partial charge is 0.479 e. The third kappa shape index (κ3) is 2.98. The van der Waals surface area contributed by atoms with Crippen molar-refractivity contribution in [1.82, 2.24) is 9.88 Å². The molecule has 25 heavy (non-hydrogen) atoms. The highest BCUT2D eigenvalue weighted by molar-refractivity contribution is 6.07. The van der Waals surface area contributed by atoms with Crippen molar-refractivity contribution in [2.45, 2.75) is 39.2 Å². The maximum absolute atomic E-state index is 13.1. The van der Waals surface area contributed by atoms with Gasteiger partial charge >= 0.3 is 5.97 Å². The summed E-state index contributed by atoms with van der Waals surface area (Å²) in [4.78, 5) is 30.5. The van der Waals surface area contributed by atoms with Crippen molar-refractivity contribution in [3.05, 3.63) is 40.6 Å². The highest BCUT2D eigenvalue weighted by Crippen LogP contribution is 2.28. The van der Waals surface area contributed by atoms with Crippen LogP contribution in [0.4, 0.5) is 0 Å². The summed E-state index contributed by atoms with van der Waals surface area (Å²) in [5.74, 6) is -1.36. The number of benzene rings is 1. The van der Waals surface area contributed by atoms with Crippen molar-refractivity contribution in [2.75, 3.05) is 13.1 Å². The van der Waals surface area contributed by atoms with E-state index in [1.165, 1.54) is 0 Å². The van der Waals surface area contributed by atoms with Crippen LogP contribution in [0.15, 0.2) is 18.2 Å². The Labute approximate surface area is 146 Å². The molecule has 0 spiro atoms. The zero-order valence-corrected chi connectivity index (χ0v) is 14.7. The first kappa shape index (κ1) is 17.4. The number of aryl methyl sites for hydroxylation is 2. The van der Waals surface area contributed by atoms with E-state index in [-0.39, 0.29) is 31.8 Å². The van der Waals surface area contributed by atoms with Crippen LogP contribution >= 0.6 is 0 Å². The smallest absolute Gasteiger partial charge is 0.335 e. The molecule has 1 aromatic carbocycles. The summed E-state index contributed by atoms with van der Waals surface area (Å²) in [6.07, 6.45) is 0.0717. The number of rotatable bonds is 2. The van der Waals surface area contributed by atoms with Crippen molar-refractivity contribution in [3.8, 4) is 0 Å². The fourth-order valence-corrected chi connectivity index (χ4v) is 3.32. The molecule has 1 aliphatic rings. The number of piperidine rings is 1. The first-order valence-electron chi connectivity index (χ1n) is 8.35. The van der Waals surface area contributed by atoms with Crippen molar-refractivity contribution in [1.29, 1.82) is 0 Å². The zero-order chi connectivity index (χ0) is 18.4. The van der Waals surface area contributed by atoms with Crippen LogP contribution in [0.1, 0.15) is 40.0 Å². The van der Waals surface area contributed by atoms with E-state index < -0.39 is 11.6 Å². The minimum atomic E-state index is -1.74. The number of likely N-dealkylation sites (tertiary alicyclic amines) is 1. The maximum Gasteiger partial charge on any atom is 0.335 e. The third-order valence-electron chi connectivity index (χ3n) is 5.12. The Morgan fingerprint density at radius 1 is 1.16 bits per heavy atom. The van der Waals surface area contributed by atoms with Crippen molar-refractivity contribution >= 4 is 22.8 Å². The van der Waals surface area contributed by atoms with E-state index >= 15 is 0 Å². The van der Waals surface area contributed by atoms with Gasteiger partial charge in [-0.1, -0.05) is 11.6 Å². The lowest BCUT2D eigenvalue weighted by Crippen LogP contribution is -2.51. The van der Waals surface area contributed by atoms with E-state index in [4.69, 9.17) is 5.11 Å². The molecule has 0 saturated carbocycles. The van der Waals surface area contributed by atoms with E-state index in [2.05, 4.69) is 4.98 Å². The molecular weight excluding hydrogens is 320 g/mol. The number of fused-ring (bicyclic) bond motifs is 1. The molecule has 0 unspecified atom stereocenters. The Morgan fingerprint density at radius 3 is 2.40 bits per heavy atom. The van der Waals surface area contributed by atoms with Gasteiger partial charge in [0, 0.05) is 37.0 Å². The molecular formula is C19H22N2O4. The first-order valence-corrected chi connectivity index (χ1v) is 8.35. The molecule has 0 aliphatic carbocycles. The summed E-state index contributed by atoms with van der Waals surface area (Å²) in [6, 6.07) is 5.83. The highest BCUT2D eigenvalue weighted by Gasteiger charge is 2.40. The number of aliphatic hydroxyl groups is 1. The van der Waals surface area contributed by atoms with E-state index in [1.807, 2.05) is 39.0 Å². The summed E-state index contributed by atoms with van der Waals surface area (Å²) in [5.41, 5.74) is 2.34. The van der Waals surface area contributed by atoms with Gasteiger partial charge in [-0.05, 0) is 38.5 Å². The first-order chi connectivity index (χ1) is 11.7. The van der Waals surface area contributed by atoms with Gasteiger partial charge in [0.1, 0.15) is 0 Å². The summed E-state index contributed by atoms with van der Waals surface area (Å²) in [5, 5.41) is 20.0. The molecule has 1 amide bonds. The normalized spacial score (nSPS) is 16.9. The van der Waals surface area contributed by atoms with Gasteiger partial charge in [-0.15, -0.1) is 0 Å². The molecule has 2 heterocycles. The van der Waals surface area contributed by atoms with Gasteiger partial charge in [0.15, 0.2) is 5.60 Å². The van der Waals surface area contributed by atoms with Crippen molar-refractivity contribution < 1.29 is 19.8 Å². The van der Waals surface area contributed by atoms with Crippen LogP contribution in [0.25, 0.3) is 10.9 Å². The number of nitrogens with zero attached hydrogens (tertiary/aromatic N) is 2. The number of aromatic nitrogens is 1. The molecule has 0 atom stereocenters. The van der Waals surface area contributed by atoms with Gasteiger partial charge < -0.3 is 15.1 Å². The molecule has 2 aromatic rings. The molecule has 2 N–H and O–H groups in total. The average molecular weight is 342 g/mol. The van der Waals surface area contributed by atoms with Crippen molar-refractivity contribution in [3.63, 3.8) is 0 Å². The number of carbonyl (C=O) groups is 2. The Hall–Kier alpha value is -2.47. The van der Waals surface area contributed by atoms with Crippen LogP contribution in [0.2, 0.25) is 0 Å². The summed E-state index contributed by atoms with van der Waals surface area (Å²) >= 11 is 0. The van der Waals surface area contributed by atoms with Crippen LogP contribution in [-0.2, 0) is 4.79 Å². The second-order valence-electron chi connectivity index (χ2n) is 6.85. The number of hydrogen-bond acceptors (Lipinski definition) is 4. The number of carboxylic acid groups (broad SMARTS) is 1. The lowest BCUT2D eigenvalue weighted by molar-refractivity contribution is -0.162. The quantitative estimate of drug-likeness (QED) is 0.873. The Morgan fingerprint density at radius 2 is 1.80 bits per heavy atom. The van der Waals surface area contributed by atoms with Crippen LogP contribution in [0.3, 0.4) is 0 Å². The highest BCUT2D eigenvalue weighted by atomic mass is 16.4. The monoisotopic (exact) mass is 342 g/mol. The standard InChI is InChI=1S/C19H22N2O4/c1-11-4-5-15-14(10-11)16(12(2)13(3)20-15)17(22)21-8-6-19(25,7-9-21)18(23)24/h4-5,10,25H,6-9H2,1-3H3,(H,23,24). The number of carbonyl (C=O) groups excluding carboxylic acids is 1. The van der Waals surface area contributed by atoms with Gasteiger partial charge in [0.05, 0.1) is 11.1 Å². The second-order valence-corrected chi connectivity index (χ2v) is 6.85. The lowest BCUT2D eigenvalue weighted by Gasteiger charge is -2.35. The molecule has 0 bridgehead atoms. The summed E-state index contributed by atoms with van der Waals surface area (Å²) < 4.78 is 0. The molecule has 1 saturated heterocycles. The predicted octanol–water partition coefficient (Wildman–Crippen LogP) is 2.21. The predicted molar refractivity (Wildman–Crippen MR) is 93.7 cm³/mol. The van der Waals surface area contributed by atoms with E-state index in [0.29, 0.717) is 5.56 Å². The Balaban J connectivity index is 1.99. The average Bonchev–Trinajstić information content (AvgIpc) is 2.56. The van der Waals surface area contributed by atoms with Gasteiger partial charge in [-0.3, -0.25) is 9.78 Å². The number of hydrogen-bond donors (Lipinski definition) is 2. The molecule has 3 rings (SSSR count). The maximum atomic E-state index is 13.1. The Kier molecular flexibility index (Phi) is 4.24. The van der Waals surface area contributed by atoms with Crippen LogP contribution in [-0.4, -0.2) is 50.7 Å². The van der Waals surface area contributed by atoms with E-state index in [1.54, 1.807) is 4.90 Å². The van der Waals surface area contributed by atoms with Gasteiger partial charge in [-0.25, -0.2) is 4.79 Å². The van der Waals surface area contributed by atoms with Gasteiger partial charge in [-0.2, -0.15) is 0 Å². The SMILES string of the molecule is Cc1ccc2nc(C)c(C)c(C(=O)N3CCC(O)(C(=O)O)CC3)c2c1. The van der Waals surface area contributed by atoms with Crippen LogP contribution in [0, 0.1) is 20.8 Å². The van der Waals surface area contributed by atoms with Gasteiger partial charge in [0.25, 0.3) is 5.91 Å². The molecule has 0 radical (unpaired) electrons. The van der Waals surface area contributed by atoms with E-state index in [0.717, 1.165) is 27.7 Å². The van der Waals surface area contributed by atoms with Gasteiger partial charge in [0.2, 0.25) is 0 Å². The molecule has 1 aliphatic heterocycles. The molecule has 1 aromatic heterocycles. The fraction of sp³-hybridized carbons (Fsp3) is 0.421. The molecule has 132 valence electrons. The Bertz CT molecular complexity index is 867. The number of amides is 1. The zero-order valence-electron chi connectivity index (χ0n) is 14.7. The molecule has 6 heteroatoms. The molecule has 1 fully saturated rings. The van der Waals surface area contributed by atoms with Crippen LogP contribution < -0.4 is 0 Å². The third-order valence-corrected chi connectivity index (χ3v) is 5.12. The second kappa shape index (κ2) is 6.11. The fourth-order valence-electron chi connectivity index (χ4n) is 3.32. The summed E-state index contributed by atoms with van der Waals surface area (Å²) in [6.45, 7) is 6.17.